The van der Waals surface area contributed by atoms with Crippen molar-refractivity contribution >= 4 is 67.6 Å². The highest BCUT2D eigenvalue weighted by molar-refractivity contribution is 8.27. The van der Waals surface area contributed by atoms with Crippen molar-refractivity contribution in [2.75, 3.05) is 4.90 Å². The average molecular weight is 495 g/mol. The zero-order valence-corrected chi connectivity index (χ0v) is 20.2. The van der Waals surface area contributed by atoms with E-state index in [1.54, 1.807) is 17.0 Å². The van der Waals surface area contributed by atoms with E-state index in [4.69, 9.17) is 12.2 Å². The molecule has 1 saturated heterocycles. The van der Waals surface area contributed by atoms with Crippen LogP contribution in [0.4, 0.5) is 10.1 Å². The van der Waals surface area contributed by atoms with Crippen LogP contribution < -0.4 is 4.90 Å². The Morgan fingerprint density at radius 2 is 1.57 bits per heavy atom. The van der Waals surface area contributed by atoms with Crippen molar-refractivity contribution < 1.29 is 9.18 Å². The highest BCUT2D eigenvalue weighted by Gasteiger charge is 2.34. The van der Waals surface area contributed by atoms with Crippen LogP contribution in [0, 0.1) is 5.82 Å². The summed E-state index contributed by atoms with van der Waals surface area (Å²) in [6.07, 6.45) is 3.87. The third-order valence-electron chi connectivity index (χ3n) is 6.21. The van der Waals surface area contributed by atoms with Gasteiger partial charge >= 0.3 is 0 Å². The molecule has 6 heteroatoms. The standard InChI is InChI=1S/C29H19FN2OS2/c30-24-13-5-2-9-20(24)17-31-18-21(23-12-4-6-14-25(23)31)16-27-28(33)32(29(34)35-27)26-15-7-10-19-8-1-3-11-22(19)26/h1-16,18H,17H2/b27-16+. The van der Waals surface area contributed by atoms with Crippen LogP contribution in [0.25, 0.3) is 27.8 Å². The van der Waals surface area contributed by atoms with Gasteiger partial charge in [-0.2, -0.15) is 0 Å². The van der Waals surface area contributed by atoms with Crippen LogP contribution in [0.1, 0.15) is 11.1 Å². The highest BCUT2D eigenvalue weighted by Crippen LogP contribution is 2.39. The lowest BCUT2D eigenvalue weighted by atomic mass is 10.1. The van der Waals surface area contributed by atoms with E-state index in [1.807, 2.05) is 89.6 Å². The van der Waals surface area contributed by atoms with Crippen molar-refractivity contribution in [2.45, 2.75) is 6.54 Å². The second kappa shape index (κ2) is 8.80. The molecule has 6 rings (SSSR count). The van der Waals surface area contributed by atoms with Gasteiger partial charge in [-0.15, -0.1) is 0 Å². The van der Waals surface area contributed by atoms with Gasteiger partial charge in [-0.3, -0.25) is 9.69 Å². The van der Waals surface area contributed by atoms with Gasteiger partial charge in [0.15, 0.2) is 4.32 Å². The fourth-order valence-electron chi connectivity index (χ4n) is 4.55. The summed E-state index contributed by atoms with van der Waals surface area (Å²) >= 11 is 6.94. The van der Waals surface area contributed by atoms with Gasteiger partial charge in [0, 0.05) is 33.6 Å². The molecule has 170 valence electrons. The lowest BCUT2D eigenvalue weighted by Crippen LogP contribution is -2.27. The van der Waals surface area contributed by atoms with Crippen molar-refractivity contribution in [1.82, 2.24) is 4.57 Å². The number of benzene rings is 4. The number of carbonyl (C=O) groups excluding carboxylic acids is 1. The summed E-state index contributed by atoms with van der Waals surface area (Å²) in [5.41, 5.74) is 3.28. The summed E-state index contributed by atoms with van der Waals surface area (Å²) in [7, 11) is 0. The highest BCUT2D eigenvalue weighted by atomic mass is 32.2. The minimum absolute atomic E-state index is 0.137. The number of carbonyl (C=O) groups is 1. The van der Waals surface area contributed by atoms with Gasteiger partial charge in [0.25, 0.3) is 5.91 Å². The van der Waals surface area contributed by atoms with Crippen LogP contribution in [0.2, 0.25) is 0 Å². The van der Waals surface area contributed by atoms with E-state index < -0.39 is 0 Å². The van der Waals surface area contributed by atoms with Crippen LogP contribution in [0.15, 0.2) is 102 Å². The van der Waals surface area contributed by atoms with Gasteiger partial charge < -0.3 is 4.57 Å². The maximum absolute atomic E-state index is 14.3. The van der Waals surface area contributed by atoms with Crippen molar-refractivity contribution in [3.8, 4) is 0 Å². The SMILES string of the molecule is O=C1/C(=C\c2cn(Cc3ccccc3F)c3ccccc23)SC(=S)N1c1cccc2ccccc12. The first kappa shape index (κ1) is 21.8. The lowest BCUT2D eigenvalue weighted by molar-refractivity contribution is -0.113. The second-order valence-electron chi connectivity index (χ2n) is 8.34. The molecule has 0 radical (unpaired) electrons. The van der Waals surface area contributed by atoms with Crippen molar-refractivity contribution in [1.29, 1.82) is 0 Å². The Balaban J connectivity index is 1.40. The van der Waals surface area contributed by atoms with Crippen LogP contribution in [-0.4, -0.2) is 14.8 Å². The molecule has 3 nitrogen and oxygen atoms in total. The molecular formula is C29H19FN2OS2. The Kier molecular flexibility index (Phi) is 5.47. The quantitative estimate of drug-likeness (QED) is 0.192. The third-order valence-corrected chi connectivity index (χ3v) is 7.51. The molecule has 0 spiro atoms. The fourth-order valence-corrected chi connectivity index (χ4v) is 5.83. The molecule has 1 amide bonds. The number of amides is 1. The largest absolute Gasteiger partial charge is 0.342 e. The van der Waals surface area contributed by atoms with Crippen molar-refractivity contribution in [3.05, 3.63) is 119 Å². The topological polar surface area (TPSA) is 25.2 Å². The summed E-state index contributed by atoms with van der Waals surface area (Å²) in [6.45, 7) is 0.401. The van der Waals surface area contributed by atoms with Gasteiger partial charge in [0.05, 0.1) is 17.1 Å². The first-order valence-corrected chi connectivity index (χ1v) is 12.4. The number of thioether (sulfide) groups is 1. The first-order valence-electron chi connectivity index (χ1n) is 11.2. The van der Waals surface area contributed by atoms with Crippen molar-refractivity contribution in [3.63, 3.8) is 0 Å². The van der Waals surface area contributed by atoms with Gasteiger partial charge in [-0.05, 0) is 29.7 Å². The molecule has 0 saturated carbocycles. The summed E-state index contributed by atoms with van der Waals surface area (Å²) in [5.74, 6) is -0.370. The van der Waals surface area contributed by atoms with Crippen molar-refractivity contribution in [2.24, 2.45) is 0 Å². The molecular weight excluding hydrogens is 475 g/mol. The predicted molar refractivity (Wildman–Crippen MR) is 147 cm³/mol. The second-order valence-corrected chi connectivity index (χ2v) is 10.0. The van der Waals surface area contributed by atoms with E-state index in [0.717, 1.165) is 32.9 Å². The number of anilines is 1. The maximum Gasteiger partial charge on any atom is 0.270 e. The molecule has 1 aliphatic heterocycles. The number of para-hydroxylation sites is 1. The number of nitrogens with zero attached hydrogens (tertiary/aromatic N) is 2. The van der Waals surface area contributed by atoms with Crippen LogP contribution in [0.5, 0.6) is 0 Å². The number of thiocarbonyl (C=S) groups is 1. The van der Waals surface area contributed by atoms with E-state index in [2.05, 4.69) is 0 Å². The third kappa shape index (κ3) is 3.85. The van der Waals surface area contributed by atoms with E-state index in [-0.39, 0.29) is 11.7 Å². The zero-order valence-electron chi connectivity index (χ0n) is 18.5. The first-order chi connectivity index (χ1) is 17.1. The molecule has 1 aromatic heterocycles. The van der Waals surface area contributed by atoms with E-state index in [1.165, 1.54) is 17.8 Å². The molecule has 2 heterocycles. The molecule has 1 fully saturated rings. The van der Waals surface area contributed by atoms with E-state index in [9.17, 15) is 9.18 Å². The average Bonchev–Trinajstić information content (AvgIpc) is 3.36. The molecule has 5 aromatic rings. The Morgan fingerprint density at radius 1 is 0.857 bits per heavy atom. The van der Waals surface area contributed by atoms with Crippen LogP contribution in [-0.2, 0) is 11.3 Å². The molecule has 1 aliphatic rings. The van der Waals surface area contributed by atoms with Gasteiger partial charge in [0.1, 0.15) is 5.82 Å². The fraction of sp³-hybridized carbons (Fsp3) is 0.0345. The number of aromatic nitrogens is 1. The molecule has 0 atom stereocenters. The van der Waals surface area contributed by atoms with E-state index >= 15 is 0 Å². The summed E-state index contributed by atoms with van der Waals surface area (Å²) < 4.78 is 16.9. The Bertz CT molecular complexity index is 1670. The van der Waals surface area contributed by atoms with Crippen LogP contribution >= 0.6 is 24.0 Å². The smallest absolute Gasteiger partial charge is 0.270 e. The predicted octanol–water partition coefficient (Wildman–Crippen LogP) is 7.39. The zero-order chi connectivity index (χ0) is 23.9. The summed E-state index contributed by atoms with van der Waals surface area (Å²) in [6, 6.07) is 28.6. The monoisotopic (exact) mass is 494 g/mol. The molecule has 0 aliphatic carbocycles. The molecule has 4 aromatic carbocycles. The number of halogens is 1. The Labute approximate surface area is 211 Å². The molecule has 0 N–H and O–H groups in total. The molecule has 0 bridgehead atoms. The number of rotatable bonds is 4. The Morgan fingerprint density at radius 3 is 2.43 bits per heavy atom. The normalized spacial score (nSPS) is 15.1. The molecule has 35 heavy (non-hydrogen) atoms. The maximum atomic E-state index is 14.3. The van der Waals surface area contributed by atoms with Gasteiger partial charge in [0.2, 0.25) is 0 Å². The van der Waals surface area contributed by atoms with Gasteiger partial charge in [-0.1, -0.05) is 96.8 Å². The van der Waals surface area contributed by atoms with Gasteiger partial charge in [-0.25, -0.2) is 4.39 Å². The van der Waals surface area contributed by atoms with E-state index in [0.29, 0.717) is 21.3 Å². The summed E-state index contributed by atoms with van der Waals surface area (Å²) in [5, 5.41) is 3.03. The lowest BCUT2D eigenvalue weighted by Gasteiger charge is -2.17. The minimum atomic E-state index is -0.234. The number of hydrogen-bond acceptors (Lipinski definition) is 3. The Hall–Kier alpha value is -3.74. The summed E-state index contributed by atoms with van der Waals surface area (Å²) in [4.78, 5) is 15.7. The van der Waals surface area contributed by atoms with Crippen LogP contribution in [0.3, 0.4) is 0 Å². The number of hydrogen-bond donors (Lipinski definition) is 0. The minimum Gasteiger partial charge on any atom is -0.342 e. The molecule has 0 unspecified atom stereocenters. The number of fused-ring (bicyclic) bond motifs is 2.